The van der Waals surface area contributed by atoms with Gasteiger partial charge in [-0.25, -0.2) is 5.01 Å². The van der Waals surface area contributed by atoms with Gasteiger partial charge in [0, 0.05) is 22.9 Å². The van der Waals surface area contributed by atoms with Gasteiger partial charge in [-0.3, -0.25) is 14.5 Å². The highest BCUT2D eigenvalue weighted by molar-refractivity contribution is 6.34. The van der Waals surface area contributed by atoms with E-state index in [1.807, 2.05) is 55.5 Å². The molecule has 2 heterocycles. The number of piperidine rings is 1. The molecule has 0 aliphatic carbocycles. The van der Waals surface area contributed by atoms with Crippen molar-refractivity contribution in [3.8, 4) is 5.75 Å². The molecule has 33 heavy (non-hydrogen) atoms. The molecule has 2 N–H and O–H groups in total. The lowest BCUT2D eigenvalue weighted by atomic mass is 9.96. The standard InChI is InChI=1S/C25H29ClN4O3/c1-2-33-19-9-7-17(8-10-19)23-15-22(20-5-3-4-6-21(20)26)28-30(23)24(31)16-29-13-11-18(12-14-29)25(27)32/h3-10,18,23H,2,11-16H2,1H3,(H2,27,32)/t23-/m0/s1. The molecule has 4 rings (SSSR count). The highest BCUT2D eigenvalue weighted by Gasteiger charge is 2.35. The lowest BCUT2D eigenvalue weighted by molar-refractivity contribution is -0.134. The Balaban J connectivity index is 1.54. The number of likely N-dealkylation sites (tertiary alicyclic amines) is 1. The van der Waals surface area contributed by atoms with Crippen LogP contribution in [0.3, 0.4) is 0 Å². The van der Waals surface area contributed by atoms with E-state index >= 15 is 0 Å². The fourth-order valence-electron chi connectivity index (χ4n) is 4.45. The van der Waals surface area contributed by atoms with Crippen molar-refractivity contribution in [1.82, 2.24) is 9.91 Å². The molecule has 0 unspecified atom stereocenters. The van der Waals surface area contributed by atoms with Crippen LogP contribution in [0, 0.1) is 5.92 Å². The molecule has 174 valence electrons. The summed E-state index contributed by atoms with van der Waals surface area (Å²) < 4.78 is 5.56. The lowest BCUT2D eigenvalue weighted by Gasteiger charge is -2.31. The Kier molecular flexibility index (Phi) is 7.30. The predicted octanol–water partition coefficient (Wildman–Crippen LogP) is 3.61. The van der Waals surface area contributed by atoms with Crippen molar-refractivity contribution in [3.05, 3.63) is 64.7 Å². The second kappa shape index (κ2) is 10.4. The van der Waals surface area contributed by atoms with Gasteiger partial charge in [-0.15, -0.1) is 0 Å². The van der Waals surface area contributed by atoms with Gasteiger partial charge in [0.2, 0.25) is 5.91 Å². The molecule has 2 amide bonds. The summed E-state index contributed by atoms with van der Waals surface area (Å²) in [5.74, 6) is 0.352. The summed E-state index contributed by atoms with van der Waals surface area (Å²) in [6.07, 6.45) is 1.94. The molecule has 2 aromatic rings. The summed E-state index contributed by atoms with van der Waals surface area (Å²) >= 11 is 6.43. The number of hydrazone groups is 1. The van der Waals surface area contributed by atoms with Crippen LogP contribution in [0.1, 0.15) is 43.4 Å². The third kappa shape index (κ3) is 5.37. The number of halogens is 1. The first-order valence-corrected chi connectivity index (χ1v) is 11.7. The first-order chi connectivity index (χ1) is 16.0. The molecule has 2 aliphatic rings. The minimum atomic E-state index is -0.259. The van der Waals surface area contributed by atoms with Crippen LogP contribution in [0.15, 0.2) is 53.6 Å². The van der Waals surface area contributed by atoms with E-state index in [2.05, 4.69) is 4.90 Å². The van der Waals surface area contributed by atoms with Crippen molar-refractivity contribution in [2.75, 3.05) is 26.2 Å². The molecule has 0 aromatic heterocycles. The van der Waals surface area contributed by atoms with Gasteiger partial charge in [-0.05, 0) is 56.6 Å². The fourth-order valence-corrected chi connectivity index (χ4v) is 4.69. The zero-order valence-corrected chi connectivity index (χ0v) is 19.5. The Morgan fingerprint density at radius 3 is 2.45 bits per heavy atom. The molecule has 0 saturated carbocycles. The predicted molar refractivity (Wildman–Crippen MR) is 128 cm³/mol. The zero-order chi connectivity index (χ0) is 23.4. The van der Waals surface area contributed by atoms with Crippen molar-refractivity contribution in [3.63, 3.8) is 0 Å². The summed E-state index contributed by atoms with van der Waals surface area (Å²) in [5.41, 5.74) is 8.06. The van der Waals surface area contributed by atoms with Crippen molar-refractivity contribution in [2.24, 2.45) is 16.8 Å². The van der Waals surface area contributed by atoms with Crippen LogP contribution in [-0.2, 0) is 9.59 Å². The summed E-state index contributed by atoms with van der Waals surface area (Å²) in [4.78, 5) is 26.9. The summed E-state index contributed by atoms with van der Waals surface area (Å²) in [7, 11) is 0. The van der Waals surface area contributed by atoms with Crippen molar-refractivity contribution < 1.29 is 14.3 Å². The molecule has 1 atom stereocenters. The van der Waals surface area contributed by atoms with Gasteiger partial charge in [0.1, 0.15) is 5.75 Å². The maximum Gasteiger partial charge on any atom is 0.257 e. The number of nitrogens with zero attached hydrogens (tertiary/aromatic N) is 3. The fraction of sp³-hybridized carbons (Fsp3) is 0.400. The lowest BCUT2D eigenvalue weighted by Crippen LogP contribution is -2.43. The van der Waals surface area contributed by atoms with Crippen LogP contribution in [0.2, 0.25) is 5.02 Å². The maximum atomic E-state index is 13.4. The largest absolute Gasteiger partial charge is 0.494 e. The molecule has 8 heteroatoms. The number of hydrogen-bond donors (Lipinski definition) is 1. The van der Waals surface area contributed by atoms with Crippen LogP contribution in [0.4, 0.5) is 0 Å². The van der Waals surface area contributed by atoms with E-state index in [9.17, 15) is 9.59 Å². The van der Waals surface area contributed by atoms with Gasteiger partial charge < -0.3 is 10.5 Å². The molecule has 2 aromatic carbocycles. The zero-order valence-electron chi connectivity index (χ0n) is 18.7. The Morgan fingerprint density at radius 1 is 1.12 bits per heavy atom. The van der Waals surface area contributed by atoms with E-state index in [0.29, 0.717) is 44.0 Å². The number of rotatable bonds is 7. The number of ether oxygens (including phenoxy) is 1. The normalized spacial score (nSPS) is 19.4. The number of carbonyl (C=O) groups excluding carboxylic acids is 2. The van der Waals surface area contributed by atoms with E-state index in [4.69, 9.17) is 27.2 Å². The first kappa shape index (κ1) is 23.3. The number of benzene rings is 2. The number of nitrogens with two attached hydrogens (primary N) is 1. The van der Waals surface area contributed by atoms with Gasteiger partial charge in [0.25, 0.3) is 5.91 Å². The SMILES string of the molecule is CCOc1ccc([C@@H]2CC(c3ccccc3Cl)=NN2C(=O)CN2CCC(C(N)=O)CC2)cc1. The van der Waals surface area contributed by atoms with Crippen LogP contribution < -0.4 is 10.5 Å². The Labute approximate surface area is 199 Å². The average molecular weight is 469 g/mol. The summed E-state index contributed by atoms with van der Waals surface area (Å²) in [5, 5.41) is 6.94. The molecule has 7 nitrogen and oxygen atoms in total. The van der Waals surface area contributed by atoms with Crippen LogP contribution >= 0.6 is 11.6 Å². The van der Waals surface area contributed by atoms with Gasteiger partial charge in [0.05, 0.1) is 24.9 Å². The van der Waals surface area contributed by atoms with E-state index < -0.39 is 0 Å². The number of amides is 2. The topological polar surface area (TPSA) is 88.2 Å². The van der Waals surface area contributed by atoms with Gasteiger partial charge in [0.15, 0.2) is 0 Å². The second-order valence-electron chi connectivity index (χ2n) is 8.44. The van der Waals surface area contributed by atoms with Crippen LogP contribution in [0.25, 0.3) is 0 Å². The molecule has 2 aliphatic heterocycles. The van der Waals surface area contributed by atoms with E-state index in [1.54, 1.807) is 5.01 Å². The van der Waals surface area contributed by atoms with Gasteiger partial charge >= 0.3 is 0 Å². The van der Waals surface area contributed by atoms with Crippen LogP contribution in [0.5, 0.6) is 5.75 Å². The highest BCUT2D eigenvalue weighted by atomic mass is 35.5. The van der Waals surface area contributed by atoms with Crippen molar-refractivity contribution in [1.29, 1.82) is 0 Å². The quantitative estimate of drug-likeness (QED) is 0.672. The van der Waals surface area contributed by atoms with Crippen molar-refractivity contribution >= 4 is 29.1 Å². The molecule has 1 fully saturated rings. The molecule has 0 bridgehead atoms. The monoisotopic (exact) mass is 468 g/mol. The molecule has 0 spiro atoms. The number of hydrogen-bond acceptors (Lipinski definition) is 5. The second-order valence-corrected chi connectivity index (χ2v) is 8.85. The van der Waals surface area contributed by atoms with Gasteiger partial charge in [-0.1, -0.05) is 41.9 Å². The molecule has 1 saturated heterocycles. The minimum absolute atomic E-state index is 0.0755. The molecular weight excluding hydrogens is 440 g/mol. The Morgan fingerprint density at radius 2 is 1.82 bits per heavy atom. The molecular formula is C25H29ClN4O3. The Bertz CT molecular complexity index is 1030. The van der Waals surface area contributed by atoms with E-state index in [1.165, 1.54) is 0 Å². The van der Waals surface area contributed by atoms with Gasteiger partial charge in [-0.2, -0.15) is 5.10 Å². The minimum Gasteiger partial charge on any atom is -0.494 e. The third-order valence-electron chi connectivity index (χ3n) is 6.28. The summed E-state index contributed by atoms with van der Waals surface area (Å²) in [6, 6.07) is 15.2. The third-order valence-corrected chi connectivity index (χ3v) is 6.60. The smallest absolute Gasteiger partial charge is 0.257 e. The van der Waals surface area contributed by atoms with Crippen molar-refractivity contribution in [2.45, 2.75) is 32.2 Å². The average Bonchev–Trinajstić information content (AvgIpc) is 3.26. The van der Waals surface area contributed by atoms with E-state index in [0.717, 1.165) is 22.6 Å². The highest BCUT2D eigenvalue weighted by Crippen LogP contribution is 2.35. The number of carbonyl (C=O) groups is 2. The van der Waals surface area contributed by atoms with E-state index in [-0.39, 0.29) is 30.3 Å². The first-order valence-electron chi connectivity index (χ1n) is 11.3. The maximum absolute atomic E-state index is 13.4. The number of primary amides is 1. The Hall–Kier alpha value is -2.90. The molecule has 0 radical (unpaired) electrons. The van der Waals surface area contributed by atoms with Crippen LogP contribution in [-0.4, -0.2) is 53.7 Å². The summed E-state index contributed by atoms with van der Waals surface area (Å²) in [6.45, 7) is 4.13.